The van der Waals surface area contributed by atoms with Crippen LogP contribution < -0.4 is 10.6 Å². The Morgan fingerprint density at radius 1 is 1.23 bits per heavy atom. The number of carbonyl (C=O) groups excluding carboxylic acids is 2. The van der Waals surface area contributed by atoms with Crippen LogP contribution in [0.5, 0.6) is 0 Å². The van der Waals surface area contributed by atoms with Gasteiger partial charge in [-0.2, -0.15) is 5.10 Å². The molecule has 9 heteroatoms. The molecule has 0 spiro atoms. The summed E-state index contributed by atoms with van der Waals surface area (Å²) in [6, 6.07) is 10.1. The Hall–Kier alpha value is -3.72. The molecule has 1 atom stereocenters. The molecule has 2 amide bonds. The molecule has 9 nitrogen and oxygen atoms in total. The van der Waals surface area contributed by atoms with Crippen molar-refractivity contribution in [3.05, 3.63) is 77.4 Å². The van der Waals surface area contributed by atoms with Crippen LogP contribution in [0.15, 0.2) is 65.6 Å². The zero-order chi connectivity index (χ0) is 21.1. The number of aliphatic hydroxyl groups excluding tert-OH is 1. The minimum absolute atomic E-state index is 0.0380. The van der Waals surface area contributed by atoms with E-state index in [4.69, 9.17) is 10.1 Å². The number of hydrogen-bond donors (Lipinski definition) is 3. The maximum Gasteiger partial charge on any atom is 0.274 e. The Labute approximate surface area is 173 Å². The summed E-state index contributed by atoms with van der Waals surface area (Å²) in [5, 5.41) is 18.3. The summed E-state index contributed by atoms with van der Waals surface area (Å²) in [5.41, 5.74) is 2.00. The van der Waals surface area contributed by atoms with E-state index in [1.165, 1.54) is 10.9 Å². The van der Waals surface area contributed by atoms with Crippen LogP contribution in [0.3, 0.4) is 0 Å². The first-order valence-corrected chi connectivity index (χ1v) is 9.58. The molecule has 0 radical (unpaired) electrons. The molecule has 0 aliphatic carbocycles. The van der Waals surface area contributed by atoms with E-state index in [1.54, 1.807) is 13.1 Å². The summed E-state index contributed by atoms with van der Waals surface area (Å²) < 4.78 is 1.35. The Morgan fingerprint density at radius 3 is 2.80 bits per heavy atom. The number of fused-ring (bicyclic) bond motifs is 1. The average Bonchev–Trinajstić information content (AvgIpc) is 3.36. The molecule has 4 rings (SSSR count). The quantitative estimate of drug-likeness (QED) is 0.655. The van der Waals surface area contributed by atoms with E-state index in [0.717, 1.165) is 17.9 Å². The van der Waals surface area contributed by atoms with Gasteiger partial charge in [-0.25, -0.2) is 0 Å². The second kappa shape index (κ2) is 8.34. The van der Waals surface area contributed by atoms with Crippen molar-refractivity contribution in [3.8, 4) is 0 Å². The molecular weight excluding hydrogens is 384 g/mol. The topological polar surface area (TPSA) is 112 Å². The monoisotopic (exact) mass is 406 g/mol. The average molecular weight is 406 g/mol. The Kier molecular flexibility index (Phi) is 5.44. The van der Waals surface area contributed by atoms with Gasteiger partial charge in [0.05, 0.1) is 31.0 Å². The highest BCUT2D eigenvalue weighted by molar-refractivity contribution is 6.07. The molecular formula is C21H22N6O3. The summed E-state index contributed by atoms with van der Waals surface area (Å²) in [7, 11) is 1.59. The van der Waals surface area contributed by atoms with Crippen LogP contribution >= 0.6 is 0 Å². The first kappa shape index (κ1) is 19.6. The summed E-state index contributed by atoms with van der Waals surface area (Å²) in [6.45, 7) is 0.652. The molecule has 2 aliphatic rings. The number of aryl methyl sites for hydroxylation is 1. The summed E-state index contributed by atoms with van der Waals surface area (Å²) in [5.74, 6) is -0.146. The third kappa shape index (κ3) is 3.87. The van der Waals surface area contributed by atoms with Gasteiger partial charge in [0.15, 0.2) is 0 Å². The lowest BCUT2D eigenvalue weighted by atomic mass is 10.1. The number of nitrogens with one attached hydrogen (secondary N) is 2. The first-order valence-electron chi connectivity index (χ1n) is 9.58. The van der Waals surface area contributed by atoms with Crippen LogP contribution in [-0.2, 0) is 7.05 Å². The number of allylic oxidation sites excluding steroid dienone is 1. The zero-order valence-corrected chi connectivity index (χ0v) is 16.4. The third-order valence-electron chi connectivity index (χ3n) is 4.91. The van der Waals surface area contributed by atoms with Crippen molar-refractivity contribution in [2.24, 2.45) is 12.0 Å². The van der Waals surface area contributed by atoms with Gasteiger partial charge in [0, 0.05) is 31.6 Å². The number of aliphatic hydroxyl groups is 1. The number of benzene rings is 1. The van der Waals surface area contributed by atoms with Crippen LogP contribution in [-0.4, -0.2) is 57.1 Å². The van der Waals surface area contributed by atoms with Crippen molar-refractivity contribution in [1.82, 2.24) is 25.3 Å². The smallest absolute Gasteiger partial charge is 0.274 e. The Balaban J connectivity index is 1.51. The highest BCUT2D eigenvalue weighted by Crippen LogP contribution is 2.27. The van der Waals surface area contributed by atoms with Crippen LogP contribution in [0.2, 0.25) is 0 Å². The molecule has 1 aromatic heterocycles. The predicted octanol–water partition coefficient (Wildman–Crippen LogP) is 0.739. The molecule has 30 heavy (non-hydrogen) atoms. The van der Waals surface area contributed by atoms with E-state index in [2.05, 4.69) is 27.9 Å². The molecule has 3 heterocycles. The number of carbonyl (C=O) groups is 2. The molecule has 3 N–H and O–H groups in total. The predicted molar refractivity (Wildman–Crippen MR) is 111 cm³/mol. The van der Waals surface area contributed by atoms with E-state index in [1.807, 2.05) is 35.4 Å². The van der Waals surface area contributed by atoms with Crippen LogP contribution in [0.25, 0.3) is 0 Å². The van der Waals surface area contributed by atoms with Crippen molar-refractivity contribution in [1.29, 1.82) is 0 Å². The molecule has 2 aromatic rings. The maximum atomic E-state index is 12.8. The second-order valence-corrected chi connectivity index (χ2v) is 6.95. The standard InChI is InChI=1S/C21H22N6O3/c1-26-19(16(12-23-26)20(29)22-8-10-28)21(30)24-15-7-9-27-13-17(25-18(27)11-15)14-5-3-2-4-6-14/h2-7,9,11-12,17,28H,8,10,13H2,1H3,(H,22,29)(H,24,30). The van der Waals surface area contributed by atoms with Gasteiger partial charge in [-0.15, -0.1) is 0 Å². The molecule has 0 saturated carbocycles. The fourth-order valence-electron chi connectivity index (χ4n) is 3.43. The van der Waals surface area contributed by atoms with Crippen molar-refractivity contribution in [2.75, 3.05) is 19.7 Å². The molecule has 1 unspecified atom stereocenters. The molecule has 0 fully saturated rings. The zero-order valence-electron chi connectivity index (χ0n) is 16.4. The van der Waals surface area contributed by atoms with E-state index >= 15 is 0 Å². The molecule has 154 valence electrons. The SMILES string of the molecule is Cn1ncc(C(=O)NCCO)c1C(=O)NC1=CC2=NC(c3ccccc3)CN2C=C1. The molecule has 1 aromatic carbocycles. The molecule has 0 saturated heterocycles. The largest absolute Gasteiger partial charge is 0.395 e. The van der Waals surface area contributed by atoms with E-state index < -0.39 is 11.8 Å². The highest BCUT2D eigenvalue weighted by atomic mass is 16.3. The van der Waals surface area contributed by atoms with Crippen LogP contribution in [0, 0.1) is 0 Å². The van der Waals surface area contributed by atoms with Gasteiger partial charge >= 0.3 is 0 Å². The lowest BCUT2D eigenvalue weighted by Gasteiger charge is -2.19. The van der Waals surface area contributed by atoms with Gasteiger partial charge < -0.3 is 20.6 Å². The number of rotatable bonds is 6. The summed E-state index contributed by atoms with van der Waals surface area (Å²) >= 11 is 0. The minimum Gasteiger partial charge on any atom is -0.395 e. The summed E-state index contributed by atoms with van der Waals surface area (Å²) in [4.78, 5) is 31.9. The van der Waals surface area contributed by atoms with Gasteiger partial charge in [0.1, 0.15) is 11.5 Å². The Bertz CT molecular complexity index is 1050. The van der Waals surface area contributed by atoms with Gasteiger partial charge in [0.25, 0.3) is 11.8 Å². The number of hydrogen-bond acceptors (Lipinski definition) is 6. The maximum absolute atomic E-state index is 12.8. The minimum atomic E-state index is -0.465. The Morgan fingerprint density at radius 2 is 2.03 bits per heavy atom. The van der Waals surface area contributed by atoms with E-state index in [0.29, 0.717) is 5.70 Å². The summed E-state index contributed by atoms with van der Waals surface area (Å²) in [6.07, 6.45) is 6.82. The van der Waals surface area contributed by atoms with Crippen LogP contribution in [0.4, 0.5) is 0 Å². The van der Waals surface area contributed by atoms with Crippen molar-refractivity contribution in [3.63, 3.8) is 0 Å². The van der Waals surface area contributed by atoms with Crippen LogP contribution in [0.1, 0.15) is 32.5 Å². The van der Waals surface area contributed by atoms with Gasteiger partial charge in [-0.05, 0) is 11.6 Å². The van der Waals surface area contributed by atoms with Gasteiger partial charge in [-0.3, -0.25) is 19.3 Å². The molecule has 2 aliphatic heterocycles. The number of aromatic nitrogens is 2. The fourth-order valence-corrected chi connectivity index (χ4v) is 3.43. The van der Waals surface area contributed by atoms with Gasteiger partial charge in [-0.1, -0.05) is 30.3 Å². The number of aliphatic imine (C=N–C) groups is 1. The van der Waals surface area contributed by atoms with Gasteiger partial charge in [0.2, 0.25) is 0 Å². The van der Waals surface area contributed by atoms with Crippen molar-refractivity contribution >= 4 is 17.6 Å². The second-order valence-electron chi connectivity index (χ2n) is 6.95. The normalized spacial score (nSPS) is 17.3. The lowest BCUT2D eigenvalue weighted by Crippen LogP contribution is -2.32. The third-order valence-corrected chi connectivity index (χ3v) is 4.91. The number of amidine groups is 1. The fraction of sp³-hybridized carbons (Fsp3) is 0.238. The van der Waals surface area contributed by atoms with E-state index in [9.17, 15) is 9.59 Å². The molecule has 0 bridgehead atoms. The van der Waals surface area contributed by atoms with E-state index in [-0.39, 0.29) is 30.5 Å². The van der Waals surface area contributed by atoms with Crippen molar-refractivity contribution < 1.29 is 14.7 Å². The lowest BCUT2D eigenvalue weighted by molar-refractivity contribution is 0.0916. The van der Waals surface area contributed by atoms with Crippen molar-refractivity contribution in [2.45, 2.75) is 6.04 Å². The highest BCUT2D eigenvalue weighted by Gasteiger charge is 2.27. The number of nitrogens with zero attached hydrogens (tertiary/aromatic N) is 4. The number of amides is 2. The first-order chi connectivity index (χ1) is 14.6.